The fourth-order valence-electron chi connectivity index (χ4n) is 10.3. The number of anilines is 3. The van der Waals surface area contributed by atoms with E-state index in [1.165, 1.54) is 21.7 Å². The highest BCUT2D eigenvalue weighted by Gasteiger charge is 2.28. The molecule has 0 fully saturated rings. The average Bonchev–Trinajstić information content (AvgIpc) is 3.68. The number of benzene rings is 11. The number of aromatic hydroxyl groups is 2. The predicted octanol–water partition coefficient (Wildman–Crippen LogP) is 12.1. The van der Waals surface area contributed by atoms with E-state index in [1.54, 1.807) is 0 Å². The first-order chi connectivity index (χ1) is 31.4. The van der Waals surface area contributed by atoms with E-state index in [0.717, 1.165) is 82.5 Å². The number of aromatic nitrogens is 1. The van der Waals surface area contributed by atoms with Crippen molar-refractivity contribution in [1.29, 1.82) is 0 Å². The fraction of sp³-hybridized carbons (Fsp3) is 0. The first-order valence-corrected chi connectivity index (χ1v) is 21.8. The molecule has 1 heterocycles. The van der Waals surface area contributed by atoms with Gasteiger partial charge in [0, 0.05) is 27.5 Å². The van der Waals surface area contributed by atoms with Gasteiger partial charge < -0.3 is 19.7 Å². The summed E-state index contributed by atoms with van der Waals surface area (Å²) in [6.45, 7) is 0. The smallest absolute Gasteiger partial charge is 0.145 e. The highest BCUT2D eigenvalue weighted by Crippen LogP contribution is 2.49. The van der Waals surface area contributed by atoms with Gasteiger partial charge in [-0.15, -0.1) is 0 Å². The van der Waals surface area contributed by atoms with E-state index in [4.69, 9.17) is 0 Å². The van der Waals surface area contributed by atoms with Crippen LogP contribution in [0.1, 0.15) is 0 Å². The van der Waals surface area contributed by atoms with Gasteiger partial charge >= 0.3 is 0 Å². The second kappa shape index (κ2) is 14.7. The zero-order valence-corrected chi connectivity index (χ0v) is 35.4. The van der Waals surface area contributed by atoms with E-state index in [1.807, 2.05) is 20.6 Å². The quantitative estimate of drug-likeness (QED) is 0.130. The minimum absolute atomic E-state index is 0.0249. The van der Waals surface area contributed by atoms with Gasteiger partial charge in [-0.25, -0.2) is 0 Å². The summed E-state index contributed by atoms with van der Waals surface area (Å²) in [5.74, 6) is 0.0498. The first kappa shape index (κ1) is 37.5. The van der Waals surface area contributed by atoms with Crippen LogP contribution in [-0.4, -0.2) is 30.5 Å². The molecule has 0 unspecified atom stereocenters. The number of hydrogen-bond acceptors (Lipinski definition) is 3. The monoisotopic (exact) mass is 818 g/mol. The molecule has 2 N–H and O–H groups in total. The Bertz CT molecular complexity index is 3810. The number of rotatable bonds is 6. The van der Waals surface area contributed by atoms with Gasteiger partial charge in [0.25, 0.3) is 0 Å². The average molecular weight is 819 g/mol. The van der Waals surface area contributed by atoms with Crippen LogP contribution in [0, 0.1) is 0 Å². The lowest BCUT2D eigenvalue weighted by molar-refractivity contribution is 0.458. The van der Waals surface area contributed by atoms with E-state index >= 15 is 0 Å². The fourth-order valence-corrected chi connectivity index (χ4v) is 10.3. The maximum atomic E-state index is 12.7. The summed E-state index contributed by atoms with van der Waals surface area (Å²) < 4.78 is 2.33. The molecule has 6 heteroatoms. The van der Waals surface area contributed by atoms with Crippen LogP contribution >= 0.6 is 0 Å². The maximum Gasteiger partial charge on any atom is 0.145 e. The molecule has 0 saturated carbocycles. The van der Waals surface area contributed by atoms with Crippen molar-refractivity contribution in [3.63, 3.8) is 0 Å². The van der Waals surface area contributed by atoms with Crippen molar-refractivity contribution in [2.75, 3.05) is 4.90 Å². The second-order valence-electron chi connectivity index (χ2n) is 16.8. The van der Waals surface area contributed by atoms with Crippen LogP contribution in [0.4, 0.5) is 17.1 Å². The molecule has 0 bridgehead atoms. The SMILES string of the molecule is Bc1c(O)c(N(c2ccc(-c3ccc4c(c3)c3ccccc3n4-c3ccccc3)cc2)c2cc3ccccc3c3ccccc23)c(O)c(B)c1-c1cc2ccccc2c2ccccc12. The lowest BCUT2D eigenvalue weighted by Crippen LogP contribution is -2.24. The van der Waals surface area contributed by atoms with Crippen LogP contribution in [0.25, 0.3) is 92.8 Å². The molecule has 12 aromatic rings. The van der Waals surface area contributed by atoms with E-state index in [9.17, 15) is 10.2 Å². The molecular weight excluding hydrogens is 778 g/mol. The molecule has 0 saturated heterocycles. The Balaban J connectivity index is 1.06. The van der Waals surface area contributed by atoms with Crippen LogP contribution in [0.5, 0.6) is 11.5 Å². The molecule has 300 valence electrons. The summed E-state index contributed by atoms with van der Waals surface area (Å²) in [6, 6.07) is 72.3. The third-order valence-electron chi connectivity index (χ3n) is 13.3. The van der Waals surface area contributed by atoms with Crippen molar-refractivity contribution < 1.29 is 10.2 Å². The molecule has 1 aromatic heterocycles. The number of hydrogen-bond donors (Lipinski definition) is 2. The van der Waals surface area contributed by atoms with Crippen LogP contribution < -0.4 is 15.8 Å². The minimum atomic E-state index is 0.0249. The topological polar surface area (TPSA) is 48.6 Å². The third-order valence-corrected chi connectivity index (χ3v) is 13.3. The molecule has 64 heavy (non-hydrogen) atoms. The summed E-state index contributed by atoms with van der Waals surface area (Å²) >= 11 is 0. The number of para-hydroxylation sites is 2. The molecule has 0 radical (unpaired) electrons. The Morgan fingerprint density at radius 1 is 0.391 bits per heavy atom. The van der Waals surface area contributed by atoms with Gasteiger partial charge in [-0.1, -0.05) is 152 Å². The van der Waals surface area contributed by atoms with Gasteiger partial charge in [-0.3, -0.25) is 0 Å². The van der Waals surface area contributed by atoms with E-state index in [-0.39, 0.29) is 11.5 Å². The standard InChI is InChI=1S/C58H40B2N2O2/c59-54-53(49-33-37-14-4-6-18-41(37)43-20-8-9-22-45(43)49)55(60)58(64)56(57(54)63)62(52-34-38-15-5-7-19-42(38)44-21-10-11-23-46(44)52)40-29-26-35(27-30-40)36-28-31-51-48(32-36)47-24-12-13-25-50(47)61(51)39-16-2-1-3-17-39/h1-34,63-64H,59-60H2. The Morgan fingerprint density at radius 3 is 1.56 bits per heavy atom. The van der Waals surface area contributed by atoms with E-state index in [2.05, 4.69) is 211 Å². The molecule has 0 aliphatic heterocycles. The number of fused-ring (bicyclic) bond motifs is 9. The van der Waals surface area contributed by atoms with Gasteiger partial charge in [0.15, 0.2) is 0 Å². The zero-order chi connectivity index (χ0) is 43.1. The Morgan fingerprint density at radius 2 is 0.891 bits per heavy atom. The van der Waals surface area contributed by atoms with Crippen molar-refractivity contribution in [1.82, 2.24) is 4.57 Å². The van der Waals surface area contributed by atoms with Gasteiger partial charge in [-0.2, -0.15) is 0 Å². The summed E-state index contributed by atoms with van der Waals surface area (Å²) in [6.07, 6.45) is 0. The highest BCUT2D eigenvalue weighted by atomic mass is 16.3. The van der Waals surface area contributed by atoms with Gasteiger partial charge in [0.05, 0.1) is 16.7 Å². The van der Waals surface area contributed by atoms with Gasteiger partial charge in [0.2, 0.25) is 0 Å². The Kier molecular flexibility index (Phi) is 8.63. The van der Waals surface area contributed by atoms with Crippen LogP contribution in [-0.2, 0) is 0 Å². The van der Waals surface area contributed by atoms with Crippen molar-refractivity contribution >= 4 is 109 Å². The zero-order valence-electron chi connectivity index (χ0n) is 35.4. The molecule has 0 aliphatic carbocycles. The number of phenols is 2. The van der Waals surface area contributed by atoms with Crippen molar-refractivity contribution in [3.8, 4) is 39.4 Å². The van der Waals surface area contributed by atoms with Crippen LogP contribution in [0.2, 0.25) is 0 Å². The van der Waals surface area contributed by atoms with Crippen molar-refractivity contribution in [3.05, 3.63) is 206 Å². The Hall–Kier alpha value is -8.21. The lowest BCUT2D eigenvalue weighted by atomic mass is 9.74. The van der Waals surface area contributed by atoms with Crippen molar-refractivity contribution in [2.24, 2.45) is 0 Å². The lowest BCUT2D eigenvalue weighted by Gasteiger charge is -2.31. The molecule has 11 aromatic carbocycles. The molecule has 0 aliphatic rings. The number of phenolic OH excluding ortho intramolecular Hbond substituents is 2. The van der Waals surface area contributed by atoms with E-state index < -0.39 is 0 Å². The molecule has 4 nitrogen and oxygen atoms in total. The Labute approximate surface area is 372 Å². The summed E-state index contributed by atoms with van der Waals surface area (Å²) in [4.78, 5) is 2.04. The van der Waals surface area contributed by atoms with Crippen LogP contribution in [0.15, 0.2) is 206 Å². The minimum Gasteiger partial charge on any atom is -0.506 e. The predicted molar refractivity (Wildman–Crippen MR) is 276 cm³/mol. The molecule has 0 spiro atoms. The molecule has 0 atom stereocenters. The largest absolute Gasteiger partial charge is 0.506 e. The molecular formula is C58H40B2N2O2. The summed E-state index contributed by atoms with van der Waals surface area (Å²) in [5, 5.41) is 36.6. The van der Waals surface area contributed by atoms with Gasteiger partial charge in [0.1, 0.15) is 32.9 Å². The summed E-state index contributed by atoms with van der Waals surface area (Å²) in [7, 11) is 3.94. The first-order valence-electron chi connectivity index (χ1n) is 21.8. The molecule has 12 rings (SSSR count). The normalized spacial score (nSPS) is 11.7. The second-order valence-corrected chi connectivity index (χ2v) is 16.8. The third kappa shape index (κ3) is 5.73. The van der Waals surface area contributed by atoms with Crippen molar-refractivity contribution in [2.45, 2.75) is 0 Å². The molecule has 0 amide bonds. The highest BCUT2D eigenvalue weighted by molar-refractivity contribution is 6.48. The summed E-state index contributed by atoms with van der Waals surface area (Å²) in [5.41, 5.74) is 10.8. The van der Waals surface area contributed by atoms with Gasteiger partial charge in [-0.05, 0) is 125 Å². The maximum absolute atomic E-state index is 12.7. The number of nitrogens with zero attached hydrogens (tertiary/aromatic N) is 2. The van der Waals surface area contributed by atoms with E-state index in [0.29, 0.717) is 16.6 Å². The van der Waals surface area contributed by atoms with Crippen LogP contribution in [0.3, 0.4) is 0 Å².